The molecule has 0 aliphatic heterocycles. The molecular formula is C48H84NO8P. The van der Waals surface area contributed by atoms with E-state index >= 15 is 0 Å². The van der Waals surface area contributed by atoms with Crippen LogP contribution >= 0.6 is 7.82 Å². The standard InChI is InChI=1S/C48H84NO8P/c1-6-8-10-12-14-16-18-20-22-23-24-25-27-28-30-32-34-36-38-40-47(50)54-44-46(45-56-58(52,53)55-43-42-49(3,4)5)57-48(51)41-39-37-35-33-31-29-26-21-19-17-15-13-11-9-7-2/h13-16,20,22,24-25,28,30,34,36,46H,6-12,17-19,21,23,26-27,29,31-33,35,37-45H2,1-5H3/b15-13+,16-14+,22-20+,25-24+,30-28+,36-34+/t46-/m1/s1. The van der Waals surface area contributed by atoms with E-state index in [1.807, 2.05) is 33.3 Å². The first-order chi connectivity index (χ1) is 28.0. The molecule has 1 unspecified atom stereocenters. The highest BCUT2D eigenvalue weighted by atomic mass is 31.2. The lowest BCUT2D eigenvalue weighted by Gasteiger charge is -2.28. The maximum Gasteiger partial charge on any atom is 0.306 e. The van der Waals surface area contributed by atoms with Crippen LogP contribution in [-0.4, -0.2) is 70.0 Å². The number of unbranched alkanes of at least 4 members (excludes halogenated alkanes) is 14. The number of phosphoric ester groups is 1. The van der Waals surface area contributed by atoms with Gasteiger partial charge in [0.25, 0.3) is 7.82 Å². The zero-order chi connectivity index (χ0) is 42.8. The van der Waals surface area contributed by atoms with E-state index in [1.54, 1.807) is 0 Å². The molecule has 0 aliphatic rings. The SMILES string of the molecule is CCCC/C=C/CCCCCCCCCCCC(=O)O[C@H](COC(=O)CC/C=C/C/C=C/C/C=C/C/C=C/C/C=C/CCCCC)COP(=O)([O-])OCC[N+](C)(C)C. The second-order valence-electron chi connectivity index (χ2n) is 16.1. The molecule has 9 nitrogen and oxygen atoms in total. The fraction of sp³-hybridized carbons (Fsp3) is 0.708. The lowest BCUT2D eigenvalue weighted by Crippen LogP contribution is -2.37. The Morgan fingerprint density at radius 2 is 0.983 bits per heavy atom. The maximum absolute atomic E-state index is 12.7. The minimum absolute atomic E-state index is 0.0452. The van der Waals surface area contributed by atoms with Crippen LogP contribution in [-0.2, 0) is 32.7 Å². The molecule has 0 spiro atoms. The first-order valence-electron chi connectivity index (χ1n) is 22.6. The van der Waals surface area contributed by atoms with Crippen LogP contribution in [0.15, 0.2) is 72.9 Å². The summed E-state index contributed by atoms with van der Waals surface area (Å²) in [6, 6.07) is 0. The molecule has 0 aromatic rings. The molecule has 0 N–H and O–H groups in total. The van der Waals surface area contributed by atoms with Gasteiger partial charge in [-0.1, -0.05) is 157 Å². The second kappa shape index (κ2) is 39.9. The van der Waals surface area contributed by atoms with Crippen molar-refractivity contribution in [2.75, 3.05) is 47.5 Å². The molecule has 0 aromatic carbocycles. The molecule has 0 rings (SSSR count). The van der Waals surface area contributed by atoms with Crippen LogP contribution in [0.2, 0.25) is 0 Å². The van der Waals surface area contributed by atoms with Gasteiger partial charge in [0, 0.05) is 12.8 Å². The first-order valence-corrected chi connectivity index (χ1v) is 24.1. The Morgan fingerprint density at radius 1 is 0.534 bits per heavy atom. The van der Waals surface area contributed by atoms with E-state index < -0.39 is 32.5 Å². The van der Waals surface area contributed by atoms with E-state index in [4.69, 9.17) is 18.5 Å². The van der Waals surface area contributed by atoms with Crippen molar-refractivity contribution in [3.8, 4) is 0 Å². The lowest BCUT2D eigenvalue weighted by atomic mass is 10.1. The van der Waals surface area contributed by atoms with Gasteiger partial charge in [-0.2, -0.15) is 0 Å². The van der Waals surface area contributed by atoms with Crippen molar-refractivity contribution >= 4 is 19.8 Å². The molecular weight excluding hydrogens is 750 g/mol. The predicted octanol–water partition coefficient (Wildman–Crippen LogP) is 12.4. The van der Waals surface area contributed by atoms with E-state index in [0.717, 1.165) is 44.9 Å². The highest BCUT2D eigenvalue weighted by Crippen LogP contribution is 2.38. The quantitative estimate of drug-likeness (QED) is 0.0197. The topological polar surface area (TPSA) is 111 Å². The fourth-order valence-electron chi connectivity index (χ4n) is 5.62. The van der Waals surface area contributed by atoms with Crippen molar-refractivity contribution < 1.29 is 42.1 Å². The van der Waals surface area contributed by atoms with Gasteiger partial charge >= 0.3 is 11.9 Å². The second-order valence-corrected chi connectivity index (χ2v) is 17.5. The number of esters is 2. The number of quaternary nitrogens is 1. The number of nitrogens with zero attached hydrogens (tertiary/aromatic N) is 1. The molecule has 0 fully saturated rings. The molecule has 0 amide bonds. The fourth-order valence-corrected chi connectivity index (χ4v) is 6.35. The van der Waals surface area contributed by atoms with E-state index in [9.17, 15) is 19.0 Å². The van der Waals surface area contributed by atoms with Crippen LogP contribution in [0.3, 0.4) is 0 Å². The molecule has 10 heteroatoms. The van der Waals surface area contributed by atoms with Gasteiger partial charge in [-0.3, -0.25) is 14.2 Å². The van der Waals surface area contributed by atoms with Crippen LogP contribution < -0.4 is 4.89 Å². The number of carbonyl (C=O) groups is 2. The van der Waals surface area contributed by atoms with Gasteiger partial charge in [-0.15, -0.1) is 0 Å². The average molecular weight is 834 g/mol. The minimum Gasteiger partial charge on any atom is -0.756 e. The Labute approximate surface area is 355 Å². The number of phosphoric acid groups is 1. The molecule has 0 aliphatic carbocycles. The van der Waals surface area contributed by atoms with Crippen molar-refractivity contribution in [2.24, 2.45) is 0 Å². The van der Waals surface area contributed by atoms with E-state index in [2.05, 4.69) is 74.6 Å². The third-order valence-corrected chi connectivity index (χ3v) is 10.2. The van der Waals surface area contributed by atoms with Gasteiger partial charge in [0.1, 0.15) is 19.8 Å². The number of carbonyl (C=O) groups excluding carboxylic acids is 2. The molecule has 58 heavy (non-hydrogen) atoms. The molecule has 0 radical (unpaired) electrons. The summed E-state index contributed by atoms with van der Waals surface area (Å²) in [5.41, 5.74) is 0. The molecule has 0 bridgehead atoms. The Hall–Kier alpha value is -2.55. The number of ether oxygens (including phenoxy) is 2. The number of allylic oxidation sites excluding steroid dienone is 12. The largest absolute Gasteiger partial charge is 0.756 e. The third-order valence-electron chi connectivity index (χ3n) is 9.21. The van der Waals surface area contributed by atoms with Gasteiger partial charge in [0.05, 0.1) is 27.7 Å². The van der Waals surface area contributed by atoms with Crippen LogP contribution in [0.25, 0.3) is 0 Å². The van der Waals surface area contributed by atoms with Crippen molar-refractivity contribution in [3.05, 3.63) is 72.9 Å². The Bertz CT molecular complexity index is 1220. The van der Waals surface area contributed by atoms with E-state index in [-0.39, 0.29) is 26.1 Å². The smallest absolute Gasteiger partial charge is 0.306 e. The van der Waals surface area contributed by atoms with Gasteiger partial charge in [-0.05, 0) is 70.6 Å². The third kappa shape index (κ3) is 43.0. The van der Waals surface area contributed by atoms with Crippen LogP contribution in [0.5, 0.6) is 0 Å². The van der Waals surface area contributed by atoms with E-state index in [1.165, 1.54) is 83.5 Å². The molecule has 0 heterocycles. The van der Waals surface area contributed by atoms with Crippen LogP contribution in [0.4, 0.5) is 0 Å². The number of rotatable bonds is 40. The molecule has 0 saturated heterocycles. The summed E-state index contributed by atoms with van der Waals surface area (Å²) in [4.78, 5) is 37.5. The average Bonchev–Trinajstić information content (AvgIpc) is 3.17. The number of hydrogen-bond donors (Lipinski definition) is 0. The summed E-state index contributed by atoms with van der Waals surface area (Å²) >= 11 is 0. The van der Waals surface area contributed by atoms with Gasteiger partial charge in [0.15, 0.2) is 6.10 Å². The molecule has 0 aromatic heterocycles. The highest BCUT2D eigenvalue weighted by molar-refractivity contribution is 7.45. The van der Waals surface area contributed by atoms with Gasteiger partial charge < -0.3 is 27.9 Å². The first kappa shape index (κ1) is 55.5. The number of hydrogen-bond acceptors (Lipinski definition) is 8. The lowest BCUT2D eigenvalue weighted by molar-refractivity contribution is -0.870. The van der Waals surface area contributed by atoms with Crippen molar-refractivity contribution in [2.45, 2.75) is 174 Å². The van der Waals surface area contributed by atoms with E-state index in [0.29, 0.717) is 23.9 Å². The zero-order valence-corrected chi connectivity index (χ0v) is 38.4. The van der Waals surface area contributed by atoms with Crippen molar-refractivity contribution in [1.29, 1.82) is 0 Å². The summed E-state index contributed by atoms with van der Waals surface area (Å²) in [7, 11) is 1.12. The summed E-state index contributed by atoms with van der Waals surface area (Å²) < 4.78 is 33.8. The van der Waals surface area contributed by atoms with Crippen molar-refractivity contribution in [3.63, 3.8) is 0 Å². The molecule has 334 valence electrons. The predicted molar refractivity (Wildman–Crippen MR) is 240 cm³/mol. The zero-order valence-electron chi connectivity index (χ0n) is 37.5. The summed E-state index contributed by atoms with van der Waals surface area (Å²) in [6.07, 6.45) is 49.4. The van der Waals surface area contributed by atoms with Crippen LogP contribution in [0, 0.1) is 0 Å². The van der Waals surface area contributed by atoms with Gasteiger partial charge in [0.2, 0.25) is 0 Å². The molecule has 2 atom stereocenters. The summed E-state index contributed by atoms with van der Waals surface area (Å²) in [5.74, 6) is -0.938. The monoisotopic (exact) mass is 834 g/mol. The maximum atomic E-state index is 12.7. The Kier molecular flexibility index (Phi) is 38.1. The normalized spacial score (nSPS) is 14.2. The summed E-state index contributed by atoms with van der Waals surface area (Å²) in [5, 5.41) is 0. The Balaban J connectivity index is 4.47. The number of likely N-dealkylation sites (N-methyl/N-ethyl adjacent to an activating group) is 1. The highest BCUT2D eigenvalue weighted by Gasteiger charge is 2.21. The van der Waals surface area contributed by atoms with Gasteiger partial charge in [-0.25, -0.2) is 0 Å². The van der Waals surface area contributed by atoms with Crippen LogP contribution in [0.1, 0.15) is 168 Å². The van der Waals surface area contributed by atoms with Crippen molar-refractivity contribution in [1.82, 2.24) is 0 Å². The molecule has 0 saturated carbocycles. The summed E-state index contributed by atoms with van der Waals surface area (Å²) in [6.45, 7) is 4.07. The Morgan fingerprint density at radius 3 is 1.52 bits per heavy atom. The minimum atomic E-state index is -4.64.